The third kappa shape index (κ3) is 4.42. The summed E-state index contributed by atoms with van der Waals surface area (Å²) < 4.78 is 52.7. The normalized spacial score (nSPS) is 15.4. The van der Waals surface area contributed by atoms with E-state index in [2.05, 4.69) is 10.1 Å². The number of hydrogen-bond donors (Lipinski definition) is 1. The molecule has 3 aromatic rings. The van der Waals surface area contributed by atoms with Crippen molar-refractivity contribution in [1.29, 1.82) is 0 Å². The molecule has 0 saturated carbocycles. The minimum atomic E-state index is -4.73. The van der Waals surface area contributed by atoms with Gasteiger partial charge in [-0.3, -0.25) is 0 Å². The number of anilines is 1. The van der Waals surface area contributed by atoms with Crippen LogP contribution in [0.3, 0.4) is 0 Å². The van der Waals surface area contributed by atoms with Gasteiger partial charge in [0, 0.05) is 5.56 Å². The highest BCUT2D eigenvalue weighted by molar-refractivity contribution is 5.79. The predicted octanol–water partition coefficient (Wildman–Crippen LogP) is 6.42. The van der Waals surface area contributed by atoms with Gasteiger partial charge in [-0.05, 0) is 35.9 Å². The van der Waals surface area contributed by atoms with Gasteiger partial charge in [0.05, 0.1) is 12.0 Å². The van der Waals surface area contributed by atoms with Gasteiger partial charge in [-0.1, -0.05) is 38.1 Å². The van der Waals surface area contributed by atoms with Gasteiger partial charge in [-0.15, -0.1) is 13.2 Å². The van der Waals surface area contributed by atoms with Crippen LogP contribution in [0.15, 0.2) is 65.3 Å². The van der Waals surface area contributed by atoms with E-state index in [-0.39, 0.29) is 11.8 Å². The number of halogens is 3. The summed E-state index contributed by atoms with van der Waals surface area (Å²) in [6, 6.07) is 14.8. The first-order valence-electron chi connectivity index (χ1n) is 8.91. The predicted molar refractivity (Wildman–Crippen MR) is 100 cm³/mol. The Morgan fingerprint density at radius 1 is 1.04 bits per heavy atom. The van der Waals surface area contributed by atoms with Crippen molar-refractivity contribution in [3.05, 3.63) is 66.6 Å². The average molecular weight is 391 g/mol. The molecule has 7 heteroatoms. The minimum Gasteiger partial charge on any atom is -0.488 e. The Hall–Kier alpha value is -3.09. The molecule has 4 rings (SSSR count). The zero-order chi connectivity index (χ0) is 20.1. The molecule has 1 N–H and O–H groups in total. The average Bonchev–Trinajstić information content (AvgIpc) is 3.22. The lowest BCUT2D eigenvalue weighted by Gasteiger charge is -2.28. The molecule has 0 saturated heterocycles. The van der Waals surface area contributed by atoms with E-state index in [9.17, 15) is 13.2 Å². The second-order valence-electron chi connectivity index (χ2n) is 5.78. The van der Waals surface area contributed by atoms with Gasteiger partial charge in [0.15, 0.2) is 0 Å². The Morgan fingerprint density at radius 2 is 1.82 bits per heavy atom. The van der Waals surface area contributed by atoms with E-state index in [1.165, 1.54) is 18.2 Å². The Labute approximate surface area is 160 Å². The lowest BCUT2D eigenvalue weighted by atomic mass is 10.0. The molecule has 0 bridgehead atoms. The van der Waals surface area contributed by atoms with Crippen LogP contribution in [0.25, 0.3) is 11.1 Å². The molecule has 148 valence electrons. The van der Waals surface area contributed by atoms with Crippen molar-refractivity contribution in [3.8, 4) is 22.6 Å². The van der Waals surface area contributed by atoms with Gasteiger partial charge in [-0.25, -0.2) is 0 Å². The van der Waals surface area contributed by atoms with Crippen LogP contribution in [0.1, 0.15) is 25.6 Å². The molecule has 1 unspecified atom stereocenters. The molecule has 1 aliphatic heterocycles. The zero-order valence-corrected chi connectivity index (χ0v) is 15.4. The first-order chi connectivity index (χ1) is 13.5. The van der Waals surface area contributed by atoms with E-state index in [0.717, 1.165) is 11.4 Å². The van der Waals surface area contributed by atoms with Crippen LogP contribution in [0.2, 0.25) is 0 Å². The molecular weight excluding hydrogens is 371 g/mol. The maximum Gasteiger partial charge on any atom is 0.573 e. The summed E-state index contributed by atoms with van der Waals surface area (Å²) in [7, 11) is 0. The molecule has 0 amide bonds. The number of fused-ring (bicyclic) bond motifs is 1. The summed E-state index contributed by atoms with van der Waals surface area (Å²) in [4.78, 5) is 0. The number of ether oxygens (including phenoxy) is 2. The van der Waals surface area contributed by atoms with Crippen molar-refractivity contribution in [2.45, 2.75) is 26.3 Å². The number of alkyl halides is 3. The fraction of sp³-hybridized carbons (Fsp3) is 0.238. The van der Waals surface area contributed by atoms with E-state index >= 15 is 0 Å². The van der Waals surface area contributed by atoms with Crippen molar-refractivity contribution in [1.82, 2.24) is 0 Å². The standard InChI is InChI=1S/C19H14F3NO3.C2H6/c20-19(21,22)26-13-5-1-4-12(10-13)14-6-2-7-15-18(14)25-11-16(23-15)17-8-3-9-24-17;1-2/h1-10,16,23H,11H2;1-2H3. The van der Waals surface area contributed by atoms with E-state index in [1.807, 2.05) is 32.0 Å². The van der Waals surface area contributed by atoms with Gasteiger partial charge >= 0.3 is 6.36 Å². The topological polar surface area (TPSA) is 43.6 Å². The summed E-state index contributed by atoms with van der Waals surface area (Å²) in [5.74, 6) is 1.06. The Bertz CT molecular complexity index is 908. The Kier molecular flexibility index (Phi) is 5.82. The van der Waals surface area contributed by atoms with Crippen LogP contribution >= 0.6 is 0 Å². The molecule has 4 nitrogen and oxygen atoms in total. The molecular formula is C21H20F3NO3. The number of para-hydroxylation sites is 1. The maximum atomic E-state index is 12.5. The molecule has 2 heterocycles. The largest absolute Gasteiger partial charge is 0.573 e. The first kappa shape index (κ1) is 19.7. The summed E-state index contributed by atoms with van der Waals surface area (Å²) in [5.41, 5.74) is 2.00. The van der Waals surface area contributed by atoms with Crippen LogP contribution in [0.4, 0.5) is 18.9 Å². The molecule has 2 aromatic carbocycles. The van der Waals surface area contributed by atoms with Gasteiger partial charge in [0.1, 0.15) is 29.9 Å². The van der Waals surface area contributed by atoms with E-state index in [4.69, 9.17) is 9.15 Å². The monoisotopic (exact) mass is 391 g/mol. The minimum absolute atomic E-state index is 0.132. The van der Waals surface area contributed by atoms with Crippen molar-refractivity contribution >= 4 is 5.69 Å². The fourth-order valence-corrected chi connectivity index (χ4v) is 2.93. The number of nitrogens with one attached hydrogen (secondary N) is 1. The molecule has 1 aliphatic rings. The smallest absolute Gasteiger partial charge is 0.488 e. The quantitative estimate of drug-likeness (QED) is 0.560. The SMILES string of the molecule is CC.FC(F)(F)Oc1cccc(-c2cccc3c2OCC(c2ccco2)N3)c1. The number of hydrogen-bond acceptors (Lipinski definition) is 4. The Morgan fingerprint density at radius 3 is 2.54 bits per heavy atom. The molecule has 28 heavy (non-hydrogen) atoms. The van der Waals surface area contributed by atoms with Crippen molar-refractivity contribution in [2.24, 2.45) is 0 Å². The maximum absolute atomic E-state index is 12.5. The van der Waals surface area contributed by atoms with Crippen molar-refractivity contribution in [2.75, 3.05) is 11.9 Å². The lowest BCUT2D eigenvalue weighted by Crippen LogP contribution is -2.23. The first-order valence-corrected chi connectivity index (χ1v) is 8.91. The highest BCUT2D eigenvalue weighted by Gasteiger charge is 2.31. The zero-order valence-electron chi connectivity index (χ0n) is 15.4. The highest BCUT2D eigenvalue weighted by atomic mass is 19.4. The molecule has 0 fully saturated rings. The summed E-state index contributed by atoms with van der Waals surface area (Å²) >= 11 is 0. The number of furan rings is 1. The van der Waals surface area contributed by atoms with Gasteiger partial charge < -0.3 is 19.2 Å². The van der Waals surface area contributed by atoms with Crippen LogP contribution in [-0.2, 0) is 0 Å². The highest BCUT2D eigenvalue weighted by Crippen LogP contribution is 2.42. The van der Waals surface area contributed by atoms with E-state index in [1.54, 1.807) is 24.5 Å². The van der Waals surface area contributed by atoms with Gasteiger partial charge in [-0.2, -0.15) is 0 Å². The lowest BCUT2D eigenvalue weighted by molar-refractivity contribution is -0.274. The summed E-state index contributed by atoms with van der Waals surface area (Å²) in [6.07, 6.45) is -3.14. The molecule has 1 atom stereocenters. The molecule has 0 spiro atoms. The van der Waals surface area contributed by atoms with Crippen LogP contribution < -0.4 is 14.8 Å². The van der Waals surface area contributed by atoms with E-state index < -0.39 is 6.36 Å². The Balaban J connectivity index is 0.00000109. The number of rotatable bonds is 3. The summed E-state index contributed by atoms with van der Waals surface area (Å²) in [5, 5.41) is 3.33. The molecule has 0 aliphatic carbocycles. The fourth-order valence-electron chi connectivity index (χ4n) is 2.93. The van der Waals surface area contributed by atoms with Gasteiger partial charge in [0.2, 0.25) is 0 Å². The van der Waals surface area contributed by atoms with Crippen LogP contribution in [0, 0.1) is 0 Å². The number of benzene rings is 2. The van der Waals surface area contributed by atoms with Gasteiger partial charge in [0.25, 0.3) is 0 Å². The summed E-state index contributed by atoms with van der Waals surface area (Å²) in [6.45, 7) is 4.34. The van der Waals surface area contributed by atoms with Crippen LogP contribution in [0.5, 0.6) is 11.5 Å². The molecule has 0 radical (unpaired) electrons. The second-order valence-corrected chi connectivity index (χ2v) is 5.78. The second kappa shape index (κ2) is 8.29. The third-order valence-corrected chi connectivity index (χ3v) is 4.00. The third-order valence-electron chi connectivity index (χ3n) is 4.00. The van der Waals surface area contributed by atoms with Crippen molar-refractivity contribution < 1.29 is 27.1 Å². The van der Waals surface area contributed by atoms with Crippen molar-refractivity contribution in [3.63, 3.8) is 0 Å². The molecule has 1 aromatic heterocycles. The van der Waals surface area contributed by atoms with Crippen LogP contribution in [-0.4, -0.2) is 13.0 Å². The van der Waals surface area contributed by atoms with E-state index in [0.29, 0.717) is 23.5 Å².